The summed E-state index contributed by atoms with van der Waals surface area (Å²) in [6.07, 6.45) is 14.7. The Balaban J connectivity index is 2.20. The van der Waals surface area contributed by atoms with Gasteiger partial charge in [-0.25, -0.2) is 4.79 Å². The molecule has 1 fully saturated rings. The Bertz CT molecular complexity index is 376. The lowest BCUT2D eigenvalue weighted by Gasteiger charge is -2.18. The van der Waals surface area contributed by atoms with Crippen LogP contribution in [0.4, 0.5) is 0 Å². The zero-order valence-corrected chi connectivity index (χ0v) is 14.3. The van der Waals surface area contributed by atoms with Crippen LogP contribution in [0.3, 0.4) is 0 Å². The number of hydrogen-bond acceptors (Lipinski definition) is 3. The molecule has 23 heavy (non-hydrogen) atoms. The maximum Gasteiger partial charge on any atom is 0.327 e. The SMILES string of the molecule is CCCCCC(O)CC[C@H]1COC[C@H]1CC=CC/C=C\C(=O)O. The van der Waals surface area contributed by atoms with Gasteiger partial charge in [-0.1, -0.05) is 44.4 Å². The topological polar surface area (TPSA) is 66.8 Å². The van der Waals surface area contributed by atoms with Gasteiger partial charge in [0, 0.05) is 12.7 Å². The lowest BCUT2D eigenvalue weighted by molar-refractivity contribution is -0.131. The van der Waals surface area contributed by atoms with Gasteiger partial charge in [0.25, 0.3) is 0 Å². The molecule has 0 aromatic heterocycles. The Labute approximate surface area is 140 Å². The van der Waals surface area contributed by atoms with E-state index in [1.54, 1.807) is 6.08 Å². The second-order valence-corrected chi connectivity index (χ2v) is 6.47. The summed E-state index contributed by atoms with van der Waals surface area (Å²) in [5, 5.41) is 18.5. The van der Waals surface area contributed by atoms with Gasteiger partial charge in [-0.05, 0) is 43.9 Å². The number of hydrogen-bond donors (Lipinski definition) is 2. The van der Waals surface area contributed by atoms with Crippen molar-refractivity contribution in [1.82, 2.24) is 0 Å². The third-order valence-electron chi connectivity index (χ3n) is 4.48. The minimum absolute atomic E-state index is 0.167. The monoisotopic (exact) mass is 324 g/mol. The first-order valence-corrected chi connectivity index (χ1v) is 8.93. The van der Waals surface area contributed by atoms with Crippen LogP contribution >= 0.6 is 0 Å². The highest BCUT2D eigenvalue weighted by atomic mass is 16.5. The van der Waals surface area contributed by atoms with Crippen LogP contribution in [0.15, 0.2) is 24.3 Å². The summed E-state index contributed by atoms with van der Waals surface area (Å²) < 4.78 is 5.60. The molecular formula is C19H32O4. The molecule has 0 amide bonds. The largest absolute Gasteiger partial charge is 0.478 e. The van der Waals surface area contributed by atoms with Crippen molar-refractivity contribution in [3.63, 3.8) is 0 Å². The molecule has 2 N–H and O–H groups in total. The Hall–Kier alpha value is -1.13. The zero-order valence-electron chi connectivity index (χ0n) is 14.3. The molecule has 0 aromatic rings. The van der Waals surface area contributed by atoms with Crippen LogP contribution < -0.4 is 0 Å². The fourth-order valence-corrected chi connectivity index (χ4v) is 3.02. The minimum atomic E-state index is -0.903. The smallest absolute Gasteiger partial charge is 0.327 e. The van der Waals surface area contributed by atoms with Crippen molar-refractivity contribution in [2.24, 2.45) is 11.8 Å². The van der Waals surface area contributed by atoms with E-state index in [9.17, 15) is 9.90 Å². The maximum absolute atomic E-state index is 10.3. The number of carboxylic acid groups (broad SMARTS) is 1. The average Bonchev–Trinajstić information content (AvgIpc) is 2.96. The van der Waals surface area contributed by atoms with Crippen LogP contribution in [0.2, 0.25) is 0 Å². The molecule has 4 heteroatoms. The predicted molar refractivity (Wildman–Crippen MR) is 92.3 cm³/mol. The third kappa shape index (κ3) is 9.57. The highest BCUT2D eigenvalue weighted by Gasteiger charge is 2.27. The maximum atomic E-state index is 10.3. The standard InChI is InChI=1S/C19H32O4/c1-2-3-6-10-18(20)13-12-17-15-23-14-16(17)9-7-4-5-8-11-19(21)22/h4,7-8,11,16-18,20H,2-3,5-6,9-10,12-15H2,1H3,(H,21,22)/b7-4?,11-8-/t16-,17+,18?/m1/s1. The van der Waals surface area contributed by atoms with E-state index in [-0.39, 0.29) is 6.10 Å². The van der Waals surface area contributed by atoms with Gasteiger partial charge in [0.2, 0.25) is 0 Å². The van der Waals surface area contributed by atoms with Crippen LogP contribution in [-0.4, -0.2) is 35.5 Å². The number of ether oxygens (including phenoxy) is 1. The molecule has 1 aliphatic heterocycles. The zero-order chi connectivity index (χ0) is 16.9. The van der Waals surface area contributed by atoms with E-state index in [4.69, 9.17) is 9.84 Å². The molecule has 1 unspecified atom stereocenters. The first-order chi connectivity index (χ1) is 11.1. The number of rotatable bonds is 12. The number of aliphatic hydroxyl groups excluding tert-OH is 1. The molecule has 0 saturated carbocycles. The molecule has 0 bridgehead atoms. The van der Waals surface area contributed by atoms with Crippen LogP contribution in [0.25, 0.3) is 0 Å². The average molecular weight is 324 g/mol. The van der Waals surface area contributed by atoms with Crippen LogP contribution in [0.5, 0.6) is 0 Å². The molecule has 0 aromatic carbocycles. The second-order valence-electron chi connectivity index (χ2n) is 6.47. The van der Waals surface area contributed by atoms with E-state index in [1.807, 2.05) is 6.08 Å². The first-order valence-electron chi connectivity index (χ1n) is 8.93. The van der Waals surface area contributed by atoms with Crippen molar-refractivity contribution < 1.29 is 19.7 Å². The summed E-state index contributed by atoms with van der Waals surface area (Å²) >= 11 is 0. The summed E-state index contributed by atoms with van der Waals surface area (Å²) in [6.45, 7) is 3.78. The number of unbranched alkanes of at least 4 members (excludes halogenated alkanes) is 2. The van der Waals surface area contributed by atoms with E-state index < -0.39 is 5.97 Å². The molecule has 1 saturated heterocycles. The summed E-state index contributed by atoms with van der Waals surface area (Å²) in [5.41, 5.74) is 0. The molecule has 4 nitrogen and oxygen atoms in total. The second kappa shape index (κ2) is 12.3. The van der Waals surface area contributed by atoms with Gasteiger partial charge in [-0.15, -0.1) is 0 Å². The van der Waals surface area contributed by atoms with Crippen molar-refractivity contribution in [3.8, 4) is 0 Å². The van der Waals surface area contributed by atoms with Gasteiger partial charge in [0.1, 0.15) is 0 Å². The predicted octanol–water partition coefficient (Wildman–Crippen LogP) is 3.95. The van der Waals surface area contributed by atoms with Gasteiger partial charge in [0.05, 0.1) is 12.7 Å². The third-order valence-corrected chi connectivity index (χ3v) is 4.48. The van der Waals surface area contributed by atoms with Gasteiger partial charge in [-0.3, -0.25) is 0 Å². The van der Waals surface area contributed by atoms with Crippen molar-refractivity contribution >= 4 is 5.97 Å². The number of aliphatic carboxylic acids is 1. The first kappa shape index (κ1) is 19.9. The molecule has 1 aliphatic rings. The highest BCUT2D eigenvalue weighted by molar-refractivity contribution is 5.79. The van der Waals surface area contributed by atoms with E-state index in [1.165, 1.54) is 18.9 Å². The molecule has 0 radical (unpaired) electrons. The van der Waals surface area contributed by atoms with Gasteiger partial charge < -0.3 is 14.9 Å². The molecule has 0 aliphatic carbocycles. The fourth-order valence-electron chi connectivity index (χ4n) is 3.02. The van der Waals surface area contributed by atoms with Crippen LogP contribution in [-0.2, 0) is 9.53 Å². The molecule has 3 atom stereocenters. The molecule has 1 heterocycles. The van der Waals surface area contributed by atoms with E-state index in [0.717, 1.165) is 45.3 Å². The summed E-state index contributed by atoms with van der Waals surface area (Å²) in [6, 6.07) is 0. The van der Waals surface area contributed by atoms with Crippen molar-refractivity contribution in [2.75, 3.05) is 13.2 Å². The van der Waals surface area contributed by atoms with Crippen molar-refractivity contribution in [2.45, 2.75) is 64.4 Å². The quantitative estimate of drug-likeness (QED) is 0.324. The van der Waals surface area contributed by atoms with Crippen molar-refractivity contribution in [1.29, 1.82) is 0 Å². The molecule has 0 spiro atoms. The highest BCUT2D eigenvalue weighted by Crippen LogP contribution is 2.29. The molecular weight excluding hydrogens is 292 g/mol. The van der Waals surface area contributed by atoms with Gasteiger partial charge in [-0.2, -0.15) is 0 Å². The number of carbonyl (C=O) groups is 1. The summed E-state index contributed by atoms with van der Waals surface area (Å²) in [5.74, 6) is 0.160. The van der Waals surface area contributed by atoms with Gasteiger partial charge in [0.15, 0.2) is 0 Å². The summed E-state index contributed by atoms with van der Waals surface area (Å²) in [4.78, 5) is 10.3. The van der Waals surface area contributed by atoms with Crippen LogP contribution in [0, 0.1) is 11.8 Å². The lowest BCUT2D eigenvalue weighted by atomic mass is 9.87. The number of allylic oxidation sites excluding steroid dienone is 3. The normalized spacial score (nSPS) is 23.0. The van der Waals surface area contributed by atoms with E-state index in [2.05, 4.69) is 13.0 Å². The number of aliphatic hydroxyl groups is 1. The molecule has 1 rings (SSSR count). The molecule has 132 valence electrons. The van der Waals surface area contributed by atoms with Crippen molar-refractivity contribution in [3.05, 3.63) is 24.3 Å². The van der Waals surface area contributed by atoms with E-state index >= 15 is 0 Å². The van der Waals surface area contributed by atoms with E-state index in [0.29, 0.717) is 18.3 Å². The summed E-state index contributed by atoms with van der Waals surface area (Å²) in [7, 11) is 0. The number of carboxylic acids is 1. The Morgan fingerprint density at radius 1 is 1.17 bits per heavy atom. The Kier molecular flexibility index (Phi) is 10.7. The lowest BCUT2D eigenvalue weighted by Crippen LogP contribution is -2.15. The Morgan fingerprint density at radius 2 is 1.96 bits per heavy atom. The fraction of sp³-hybridized carbons (Fsp3) is 0.737. The van der Waals surface area contributed by atoms with Crippen LogP contribution in [0.1, 0.15) is 58.3 Å². The Morgan fingerprint density at radius 3 is 2.70 bits per heavy atom. The minimum Gasteiger partial charge on any atom is -0.478 e. The van der Waals surface area contributed by atoms with Gasteiger partial charge >= 0.3 is 5.97 Å².